The number of hydrogen-bond acceptors (Lipinski definition) is 6. The Morgan fingerprint density at radius 2 is 1.73 bits per heavy atom. The van der Waals surface area contributed by atoms with Crippen molar-refractivity contribution in [2.24, 2.45) is 0 Å². The van der Waals surface area contributed by atoms with Gasteiger partial charge in [-0.05, 0) is 55.0 Å². The number of rotatable bonds is 3. The van der Waals surface area contributed by atoms with Crippen LogP contribution in [0.25, 0.3) is 54.9 Å². The van der Waals surface area contributed by atoms with Gasteiger partial charge >= 0.3 is 0 Å². The molecule has 0 atom stereocenters. The normalized spacial score (nSPS) is 11.3. The number of pyridine rings is 4. The van der Waals surface area contributed by atoms with Crippen molar-refractivity contribution in [3.05, 3.63) is 94.6 Å². The molecule has 7 heteroatoms. The fourth-order valence-electron chi connectivity index (χ4n) is 3.97. The van der Waals surface area contributed by atoms with Gasteiger partial charge in [-0.25, -0.2) is 9.97 Å². The zero-order valence-corrected chi connectivity index (χ0v) is 18.4. The maximum atomic E-state index is 12.8. The van der Waals surface area contributed by atoms with Crippen molar-refractivity contribution in [1.29, 1.82) is 0 Å². The maximum Gasteiger partial charge on any atom is 0.259 e. The highest BCUT2D eigenvalue weighted by Crippen LogP contribution is 2.36. The molecular formula is C26H17N5OS. The molecule has 6 aromatic rings. The maximum absolute atomic E-state index is 12.8. The molecule has 0 bridgehead atoms. The monoisotopic (exact) mass is 447 g/mol. The summed E-state index contributed by atoms with van der Waals surface area (Å²) in [5, 5.41) is 2.85. The first kappa shape index (κ1) is 19.5. The fourth-order valence-corrected chi connectivity index (χ4v) is 4.75. The van der Waals surface area contributed by atoms with Crippen molar-refractivity contribution in [2.75, 3.05) is 0 Å². The van der Waals surface area contributed by atoms with Gasteiger partial charge in [-0.1, -0.05) is 18.2 Å². The van der Waals surface area contributed by atoms with E-state index in [1.807, 2.05) is 55.6 Å². The predicted octanol–water partition coefficient (Wildman–Crippen LogP) is 5.63. The largest absolute Gasteiger partial charge is 0.306 e. The Balaban J connectivity index is 1.63. The van der Waals surface area contributed by atoms with Gasteiger partial charge in [0.2, 0.25) is 0 Å². The highest BCUT2D eigenvalue weighted by molar-refractivity contribution is 7.15. The summed E-state index contributed by atoms with van der Waals surface area (Å²) in [5.41, 5.74) is 5.18. The Morgan fingerprint density at radius 1 is 0.848 bits per heavy atom. The first-order chi connectivity index (χ1) is 16.2. The topological polar surface area (TPSA) is 84.4 Å². The molecule has 0 aliphatic heterocycles. The molecule has 0 amide bonds. The molecule has 0 saturated heterocycles. The number of thiazole rings is 1. The quantitative estimate of drug-likeness (QED) is 0.380. The smallest absolute Gasteiger partial charge is 0.259 e. The lowest BCUT2D eigenvalue weighted by Crippen LogP contribution is -2.10. The number of nitrogens with one attached hydrogen (secondary N) is 1. The van der Waals surface area contributed by atoms with Gasteiger partial charge in [0.25, 0.3) is 5.56 Å². The molecule has 6 rings (SSSR count). The van der Waals surface area contributed by atoms with E-state index in [0.29, 0.717) is 16.9 Å². The Hall–Kier alpha value is -4.23. The van der Waals surface area contributed by atoms with Gasteiger partial charge in [-0.15, -0.1) is 11.3 Å². The third-order valence-electron chi connectivity index (χ3n) is 5.54. The third-order valence-corrected chi connectivity index (χ3v) is 6.46. The number of aryl methyl sites for hydroxylation is 1. The molecule has 5 heterocycles. The molecule has 0 aliphatic carbocycles. The van der Waals surface area contributed by atoms with E-state index in [9.17, 15) is 4.79 Å². The third kappa shape index (κ3) is 3.48. The molecule has 5 aromatic heterocycles. The molecule has 0 unspecified atom stereocenters. The minimum Gasteiger partial charge on any atom is -0.306 e. The van der Waals surface area contributed by atoms with Crippen LogP contribution in [0.5, 0.6) is 0 Å². The number of nitrogens with zero attached hydrogens (tertiary/aromatic N) is 4. The molecule has 1 aromatic carbocycles. The van der Waals surface area contributed by atoms with E-state index in [4.69, 9.17) is 4.98 Å². The Kier molecular flexibility index (Phi) is 4.55. The van der Waals surface area contributed by atoms with Gasteiger partial charge < -0.3 is 4.98 Å². The number of H-pyrrole nitrogens is 1. The van der Waals surface area contributed by atoms with Gasteiger partial charge in [-0.3, -0.25) is 14.8 Å². The van der Waals surface area contributed by atoms with Crippen LogP contribution >= 0.6 is 11.3 Å². The molecule has 0 aliphatic rings. The van der Waals surface area contributed by atoms with E-state index in [-0.39, 0.29) is 5.56 Å². The highest BCUT2D eigenvalue weighted by Gasteiger charge is 2.16. The second-order valence-electron chi connectivity index (χ2n) is 7.70. The van der Waals surface area contributed by atoms with Gasteiger partial charge in [0.05, 0.1) is 32.4 Å². The van der Waals surface area contributed by atoms with Gasteiger partial charge in [0.1, 0.15) is 5.65 Å². The van der Waals surface area contributed by atoms with E-state index >= 15 is 0 Å². The van der Waals surface area contributed by atoms with Gasteiger partial charge in [-0.2, -0.15) is 0 Å². The molecule has 1 N–H and O–H groups in total. The number of fused-ring (bicyclic) bond motifs is 2. The first-order valence-corrected chi connectivity index (χ1v) is 11.2. The molecule has 33 heavy (non-hydrogen) atoms. The lowest BCUT2D eigenvalue weighted by atomic mass is 9.99. The summed E-state index contributed by atoms with van der Waals surface area (Å²) in [6.45, 7) is 1.97. The lowest BCUT2D eigenvalue weighted by Gasteiger charge is -2.11. The van der Waals surface area contributed by atoms with Crippen molar-refractivity contribution in [2.45, 2.75) is 6.92 Å². The van der Waals surface area contributed by atoms with Crippen molar-refractivity contribution in [1.82, 2.24) is 24.9 Å². The molecule has 0 radical (unpaired) electrons. The summed E-state index contributed by atoms with van der Waals surface area (Å²) in [4.78, 5) is 34.8. The van der Waals surface area contributed by atoms with E-state index in [0.717, 1.165) is 43.0 Å². The van der Waals surface area contributed by atoms with E-state index in [2.05, 4.69) is 38.1 Å². The van der Waals surface area contributed by atoms with Crippen molar-refractivity contribution in [3.63, 3.8) is 0 Å². The summed E-state index contributed by atoms with van der Waals surface area (Å²) in [5.74, 6) is 0. The lowest BCUT2D eigenvalue weighted by molar-refractivity contribution is 1.22. The van der Waals surface area contributed by atoms with Crippen LogP contribution in [-0.4, -0.2) is 24.9 Å². The zero-order valence-electron chi connectivity index (χ0n) is 17.6. The van der Waals surface area contributed by atoms with Gasteiger partial charge in [0.15, 0.2) is 0 Å². The molecule has 0 saturated carbocycles. The Labute approximate surface area is 192 Å². The highest BCUT2D eigenvalue weighted by atomic mass is 32.1. The summed E-state index contributed by atoms with van der Waals surface area (Å²) in [6.07, 6.45) is 5.31. The minimum absolute atomic E-state index is 0.218. The average Bonchev–Trinajstić information content (AvgIpc) is 3.29. The van der Waals surface area contributed by atoms with Crippen LogP contribution in [0.4, 0.5) is 0 Å². The van der Waals surface area contributed by atoms with E-state index in [1.54, 1.807) is 23.7 Å². The molecule has 158 valence electrons. The van der Waals surface area contributed by atoms with E-state index in [1.165, 1.54) is 0 Å². The molecule has 6 nitrogen and oxygen atoms in total. The molecule has 0 fully saturated rings. The molecule has 0 spiro atoms. The number of aromatic amines is 1. The van der Waals surface area contributed by atoms with E-state index < -0.39 is 0 Å². The van der Waals surface area contributed by atoms with Crippen LogP contribution in [0, 0.1) is 6.92 Å². The second kappa shape index (κ2) is 7.72. The summed E-state index contributed by atoms with van der Waals surface area (Å²) < 4.78 is 0. The van der Waals surface area contributed by atoms with Crippen LogP contribution in [-0.2, 0) is 0 Å². The number of aromatic nitrogens is 5. The second-order valence-corrected chi connectivity index (χ2v) is 8.94. The van der Waals surface area contributed by atoms with Crippen molar-refractivity contribution < 1.29 is 0 Å². The van der Waals surface area contributed by atoms with Crippen LogP contribution < -0.4 is 5.56 Å². The predicted molar refractivity (Wildman–Crippen MR) is 132 cm³/mol. The van der Waals surface area contributed by atoms with Crippen molar-refractivity contribution in [3.8, 4) is 33.0 Å². The average molecular weight is 448 g/mol. The van der Waals surface area contributed by atoms with Crippen LogP contribution in [0.3, 0.4) is 0 Å². The number of benzene rings is 1. The van der Waals surface area contributed by atoms with Gasteiger partial charge in [0, 0.05) is 34.9 Å². The summed E-state index contributed by atoms with van der Waals surface area (Å²) in [6, 6.07) is 19.6. The van der Waals surface area contributed by atoms with Crippen LogP contribution in [0.2, 0.25) is 0 Å². The summed E-state index contributed by atoms with van der Waals surface area (Å²) in [7, 11) is 0. The Morgan fingerprint density at radius 3 is 2.55 bits per heavy atom. The standard InChI is InChI=1S/C26H17N5OS/c1-15-29-14-23(33-15)24-19(16-7-8-21-17(11-16)5-4-10-27-21)12-18-13-20(22-6-2-3-9-28-22)26(32)31-25(18)30-24/h2-14H,1H3,(H,30,31,32). The summed E-state index contributed by atoms with van der Waals surface area (Å²) >= 11 is 1.58. The minimum atomic E-state index is -0.218. The van der Waals surface area contributed by atoms with Crippen molar-refractivity contribution >= 4 is 33.3 Å². The number of hydrogen-bond donors (Lipinski definition) is 1. The fraction of sp³-hybridized carbons (Fsp3) is 0.0385. The SMILES string of the molecule is Cc1ncc(-c2nc3[nH]c(=O)c(-c4ccccn4)cc3cc2-c2ccc3ncccc3c2)s1. The Bertz CT molecular complexity index is 1710. The zero-order chi connectivity index (χ0) is 22.4. The first-order valence-electron chi connectivity index (χ1n) is 10.4. The van der Waals surface area contributed by atoms with Crippen LogP contribution in [0.1, 0.15) is 5.01 Å². The molecular weight excluding hydrogens is 430 g/mol. The van der Waals surface area contributed by atoms with Crippen LogP contribution in [0.15, 0.2) is 84.0 Å².